The summed E-state index contributed by atoms with van der Waals surface area (Å²) >= 11 is 0. The summed E-state index contributed by atoms with van der Waals surface area (Å²) in [4.78, 5) is 15.5. The van der Waals surface area contributed by atoms with E-state index in [1.807, 2.05) is 6.07 Å². The van der Waals surface area contributed by atoms with Crippen LogP contribution in [0.5, 0.6) is 0 Å². The van der Waals surface area contributed by atoms with Gasteiger partial charge in [-0.25, -0.2) is 4.79 Å². The van der Waals surface area contributed by atoms with E-state index in [1.54, 1.807) is 18.3 Å². The normalized spacial score (nSPS) is 17.9. The Morgan fingerprint density at radius 2 is 2.40 bits per heavy atom. The van der Waals surface area contributed by atoms with Crippen molar-refractivity contribution in [1.29, 1.82) is 0 Å². The molecule has 1 aliphatic rings. The average molecular weight is 208 g/mol. The van der Waals surface area contributed by atoms with Crippen molar-refractivity contribution in [3.63, 3.8) is 0 Å². The predicted octanol–water partition coefficient (Wildman–Crippen LogP) is -0.148. The summed E-state index contributed by atoms with van der Waals surface area (Å²) in [6.07, 6.45) is 1.65. The average Bonchev–Trinajstić information content (AvgIpc) is 2.24. The maximum Gasteiger partial charge on any atom is 0.331 e. The third-order valence-electron chi connectivity index (χ3n) is 2.20. The molecule has 2 heterocycles. The summed E-state index contributed by atoms with van der Waals surface area (Å²) in [5, 5.41) is 0. The van der Waals surface area contributed by atoms with Crippen LogP contribution in [-0.2, 0) is 20.9 Å². The van der Waals surface area contributed by atoms with Gasteiger partial charge in [0.05, 0.1) is 18.9 Å². The zero-order valence-corrected chi connectivity index (χ0v) is 8.18. The van der Waals surface area contributed by atoms with Gasteiger partial charge in [0.25, 0.3) is 0 Å². The first-order valence-corrected chi connectivity index (χ1v) is 4.64. The molecule has 1 fully saturated rings. The minimum Gasteiger partial charge on any atom is -0.458 e. The predicted molar refractivity (Wildman–Crippen MR) is 51.8 cm³/mol. The van der Waals surface area contributed by atoms with Crippen LogP contribution in [0.3, 0.4) is 0 Å². The summed E-state index contributed by atoms with van der Waals surface area (Å²) in [6, 6.07) is 5.42. The second-order valence-electron chi connectivity index (χ2n) is 3.55. The first kappa shape index (κ1) is 10.1. The number of aromatic nitrogens is 1. The smallest absolute Gasteiger partial charge is 0.331 e. The van der Waals surface area contributed by atoms with Crippen LogP contribution in [0.15, 0.2) is 24.4 Å². The lowest BCUT2D eigenvalue weighted by Crippen LogP contribution is -2.63. The molecular formula is C10H12N2O3. The van der Waals surface area contributed by atoms with Gasteiger partial charge in [-0.3, -0.25) is 4.98 Å². The van der Waals surface area contributed by atoms with Crippen LogP contribution in [0.4, 0.5) is 0 Å². The quantitative estimate of drug-likeness (QED) is 0.699. The molecule has 5 heteroatoms. The van der Waals surface area contributed by atoms with E-state index in [9.17, 15) is 4.79 Å². The Kier molecular flexibility index (Phi) is 2.66. The molecule has 5 nitrogen and oxygen atoms in total. The SMILES string of the molecule is NC1(C(=O)OCc2ccccn2)COC1. The number of nitrogens with two attached hydrogens (primary N) is 1. The number of nitrogens with zero attached hydrogens (tertiary/aromatic N) is 1. The molecule has 0 radical (unpaired) electrons. The van der Waals surface area contributed by atoms with E-state index in [1.165, 1.54) is 0 Å². The maximum absolute atomic E-state index is 11.5. The van der Waals surface area contributed by atoms with Crippen molar-refractivity contribution in [3.8, 4) is 0 Å². The molecule has 1 aliphatic heterocycles. The Labute approximate surface area is 87.2 Å². The van der Waals surface area contributed by atoms with E-state index in [-0.39, 0.29) is 19.8 Å². The monoisotopic (exact) mass is 208 g/mol. The van der Waals surface area contributed by atoms with Crippen molar-refractivity contribution in [2.45, 2.75) is 12.1 Å². The fourth-order valence-electron chi connectivity index (χ4n) is 1.21. The molecule has 15 heavy (non-hydrogen) atoms. The van der Waals surface area contributed by atoms with Crippen LogP contribution >= 0.6 is 0 Å². The molecule has 80 valence electrons. The van der Waals surface area contributed by atoms with E-state index in [2.05, 4.69) is 4.98 Å². The molecule has 1 aromatic rings. The van der Waals surface area contributed by atoms with Gasteiger partial charge in [0.2, 0.25) is 0 Å². The fraction of sp³-hybridized carbons (Fsp3) is 0.400. The third kappa shape index (κ3) is 2.14. The molecule has 1 saturated heterocycles. The van der Waals surface area contributed by atoms with Crippen LogP contribution in [0.1, 0.15) is 5.69 Å². The number of carbonyl (C=O) groups excluding carboxylic acids is 1. The van der Waals surface area contributed by atoms with Crippen LogP contribution in [0.25, 0.3) is 0 Å². The summed E-state index contributed by atoms with van der Waals surface area (Å²) in [5.41, 5.74) is 5.44. The summed E-state index contributed by atoms with van der Waals surface area (Å²) in [7, 11) is 0. The van der Waals surface area contributed by atoms with E-state index >= 15 is 0 Å². The van der Waals surface area contributed by atoms with Crippen molar-refractivity contribution in [2.75, 3.05) is 13.2 Å². The number of carbonyl (C=O) groups is 1. The van der Waals surface area contributed by atoms with Gasteiger partial charge < -0.3 is 15.2 Å². The second kappa shape index (κ2) is 3.96. The van der Waals surface area contributed by atoms with Crippen molar-refractivity contribution < 1.29 is 14.3 Å². The van der Waals surface area contributed by atoms with Crippen molar-refractivity contribution in [2.24, 2.45) is 5.73 Å². The van der Waals surface area contributed by atoms with Gasteiger partial charge in [-0.15, -0.1) is 0 Å². The lowest BCUT2D eigenvalue weighted by Gasteiger charge is -2.34. The standard InChI is InChI=1S/C10H12N2O3/c11-10(6-14-7-10)9(13)15-5-8-3-1-2-4-12-8/h1-4H,5-7,11H2. The molecule has 1 aromatic heterocycles. The number of ether oxygens (including phenoxy) is 2. The Hall–Kier alpha value is -1.46. The van der Waals surface area contributed by atoms with Crippen LogP contribution in [0, 0.1) is 0 Å². The van der Waals surface area contributed by atoms with E-state index in [4.69, 9.17) is 15.2 Å². The summed E-state index contributed by atoms with van der Waals surface area (Å²) in [6.45, 7) is 0.612. The molecular weight excluding hydrogens is 196 g/mol. The highest BCUT2D eigenvalue weighted by atomic mass is 16.6. The number of hydrogen-bond acceptors (Lipinski definition) is 5. The molecule has 0 aliphatic carbocycles. The highest BCUT2D eigenvalue weighted by Gasteiger charge is 2.43. The topological polar surface area (TPSA) is 74.4 Å². The first-order chi connectivity index (χ1) is 7.21. The molecule has 0 unspecified atom stereocenters. The molecule has 0 aromatic carbocycles. The summed E-state index contributed by atoms with van der Waals surface area (Å²) < 4.78 is 9.90. The largest absolute Gasteiger partial charge is 0.458 e. The zero-order chi connectivity index (χ0) is 10.7. The molecule has 0 bridgehead atoms. The van der Waals surface area contributed by atoms with Gasteiger partial charge >= 0.3 is 5.97 Å². The molecule has 2 N–H and O–H groups in total. The Morgan fingerprint density at radius 3 is 2.93 bits per heavy atom. The number of esters is 1. The van der Waals surface area contributed by atoms with Crippen molar-refractivity contribution >= 4 is 5.97 Å². The van der Waals surface area contributed by atoms with Crippen molar-refractivity contribution in [3.05, 3.63) is 30.1 Å². The highest BCUT2D eigenvalue weighted by molar-refractivity contribution is 5.81. The Morgan fingerprint density at radius 1 is 1.60 bits per heavy atom. The van der Waals surface area contributed by atoms with Crippen LogP contribution in [-0.4, -0.2) is 29.7 Å². The maximum atomic E-state index is 11.5. The third-order valence-corrected chi connectivity index (χ3v) is 2.20. The number of rotatable bonds is 3. The lowest BCUT2D eigenvalue weighted by molar-refractivity contribution is -0.169. The van der Waals surface area contributed by atoms with Gasteiger partial charge in [0, 0.05) is 6.20 Å². The molecule has 0 atom stereocenters. The number of hydrogen-bond donors (Lipinski definition) is 1. The molecule has 0 amide bonds. The van der Waals surface area contributed by atoms with E-state index in [0.29, 0.717) is 5.69 Å². The number of pyridine rings is 1. The van der Waals surface area contributed by atoms with Gasteiger partial charge in [-0.05, 0) is 12.1 Å². The molecule has 0 saturated carbocycles. The summed E-state index contributed by atoms with van der Waals surface area (Å²) in [5.74, 6) is -0.431. The molecule has 0 spiro atoms. The van der Waals surface area contributed by atoms with Crippen molar-refractivity contribution in [1.82, 2.24) is 4.98 Å². The second-order valence-corrected chi connectivity index (χ2v) is 3.55. The van der Waals surface area contributed by atoms with Gasteiger partial charge in [-0.1, -0.05) is 6.07 Å². The minimum absolute atomic E-state index is 0.151. The first-order valence-electron chi connectivity index (χ1n) is 4.64. The molecule has 2 rings (SSSR count). The van der Waals surface area contributed by atoms with E-state index < -0.39 is 11.5 Å². The van der Waals surface area contributed by atoms with Gasteiger partial charge in [0.1, 0.15) is 6.61 Å². The highest BCUT2D eigenvalue weighted by Crippen LogP contribution is 2.15. The van der Waals surface area contributed by atoms with Gasteiger partial charge in [0.15, 0.2) is 5.54 Å². The Balaban J connectivity index is 1.86. The zero-order valence-electron chi connectivity index (χ0n) is 8.18. The van der Waals surface area contributed by atoms with Gasteiger partial charge in [-0.2, -0.15) is 0 Å². The lowest BCUT2D eigenvalue weighted by atomic mass is 10.00. The minimum atomic E-state index is -0.950. The van der Waals surface area contributed by atoms with Crippen LogP contribution in [0.2, 0.25) is 0 Å². The fourth-order valence-corrected chi connectivity index (χ4v) is 1.21. The Bertz CT molecular complexity index is 349. The van der Waals surface area contributed by atoms with Crippen LogP contribution < -0.4 is 5.73 Å². The van der Waals surface area contributed by atoms with E-state index in [0.717, 1.165) is 0 Å².